The lowest BCUT2D eigenvalue weighted by Crippen LogP contribution is -2.53. The zero-order valence-corrected chi connectivity index (χ0v) is 43.1. The number of para-hydroxylation sites is 1. The molecule has 18 heteroatoms. The number of benzene rings is 3. The van der Waals surface area contributed by atoms with Crippen LogP contribution in [0.4, 0.5) is 28.8 Å². The van der Waals surface area contributed by atoms with E-state index in [0.29, 0.717) is 53.3 Å². The van der Waals surface area contributed by atoms with Crippen LogP contribution in [0.2, 0.25) is 0 Å². The molecule has 7 heterocycles. The quantitative estimate of drug-likeness (QED) is 0.0712. The fraction of sp³-hybridized carbons (Fsp3) is 0.462. The van der Waals surface area contributed by atoms with Gasteiger partial charge in [-0.25, -0.2) is 9.78 Å². The van der Waals surface area contributed by atoms with Gasteiger partial charge >= 0.3 is 5.69 Å². The predicted molar refractivity (Wildman–Crippen MR) is 282 cm³/mol. The Morgan fingerprint density at radius 2 is 1.67 bits per heavy atom. The Morgan fingerprint density at radius 3 is 2.40 bits per heavy atom. The SMILES string of the molecule is CCc1cc(Nc2ncc(Br)c(Nc3ccc4nc(C)ccc4c3P3(=O)CCCC3)n2)c(OC)cc1N1CCC(N2CCN(CCc3cccc4c3n(CC)c(=O)n4C3CCC(=O)NC3=O)CC2)CC1. The highest BCUT2D eigenvalue weighted by atomic mass is 79.9. The van der Waals surface area contributed by atoms with Gasteiger partial charge in [0.1, 0.15) is 24.8 Å². The van der Waals surface area contributed by atoms with Crippen molar-refractivity contribution < 1.29 is 18.9 Å². The summed E-state index contributed by atoms with van der Waals surface area (Å²) in [6.45, 7) is 13.5. The summed E-state index contributed by atoms with van der Waals surface area (Å²) in [5.41, 5.74) is 8.30. The van der Waals surface area contributed by atoms with Gasteiger partial charge in [-0.2, -0.15) is 4.98 Å². The highest BCUT2D eigenvalue weighted by Crippen LogP contribution is 2.54. The number of carbonyl (C=O) groups excluding carboxylic acids is 2. The highest BCUT2D eigenvalue weighted by molar-refractivity contribution is 9.10. The molecule has 368 valence electrons. The molecule has 3 aromatic heterocycles. The highest BCUT2D eigenvalue weighted by Gasteiger charge is 2.35. The first kappa shape index (κ1) is 48.0. The van der Waals surface area contributed by atoms with Gasteiger partial charge in [-0.1, -0.05) is 25.1 Å². The van der Waals surface area contributed by atoms with Crippen LogP contribution in [0.1, 0.15) is 75.2 Å². The predicted octanol–water partition coefficient (Wildman–Crippen LogP) is 7.88. The number of aryl methyl sites for hydroxylation is 3. The minimum absolute atomic E-state index is 0.200. The minimum atomic E-state index is -2.64. The summed E-state index contributed by atoms with van der Waals surface area (Å²) < 4.78 is 24.6. The fourth-order valence-electron chi connectivity index (χ4n) is 11.4. The number of nitrogens with one attached hydrogen (secondary N) is 3. The van der Waals surface area contributed by atoms with Gasteiger partial charge in [-0.05, 0) is 116 Å². The number of pyridine rings is 1. The Balaban J connectivity index is 0.772. The van der Waals surface area contributed by atoms with Crippen LogP contribution < -0.4 is 36.6 Å². The van der Waals surface area contributed by atoms with E-state index in [4.69, 9.17) is 14.7 Å². The van der Waals surface area contributed by atoms with Gasteiger partial charge in [0.25, 0.3) is 0 Å². The van der Waals surface area contributed by atoms with Crippen molar-refractivity contribution in [2.45, 2.75) is 90.8 Å². The molecule has 2 amide bonds. The van der Waals surface area contributed by atoms with Gasteiger partial charge in [0.05, 0.1) is 39.5 Å². The molecule has 1 atom stereocenters. The van der Waals surface area contributed by atoms with E-state index in [1.54, 1.807) is 22.4 Å². The van der Waals surface area contributed by atoms with Crippen molar-refractivity contribution >= 4 is 91.0 Å². The standard InChI is InChI=1S/C52H63BrN11O5P/c1-5-34-30-41(57-51-54-32-38(53)49(59-51)56-40-15-14-39-37(13-12-33(3)55-39)48(40)70(68)28-7-8-29-70)45(69-4)31-44(34)62-22-19-36(20-23-62)61-26-24-60(25-27-61)21-18-35-10-9-11-42-47(35)63(6-2)52(67)64(42)43-16-17-46(65)58-50(43)66/h9-15,30-32,36,43H,5-8,16-29H2,1-4H3,(H,58,65,66)(H2,54,56,57,59). The van der Waals surface area contributed by atoms with Crippen LogP contribution in [-0.2, 0) is 33.5 Å². The first-order valence-electron chi connectivity index (χ1n) is 25.0. The molecule has 4 aliphatic heterocycles. The average molecular weight is 1030 g/mol. The smallest absolute Gasteiger partial charge is 0.329 e. The molecular formula is C52H63BrN11O5P. The second-order valence-electron chi connectivity index (χ2n) is 19.2. The van der Waals surface area contributed by atoms with E-state index in [1.807, 2.05) is 44.2 Å². The lowest BCUT2D eigenvalue weighted by molar-refractivity contribution is -0.135. The number of piperidine rings is 2. The van der Waals surface area contributed by atoms with Gasteiger partial charge < -0.3 is 29.7 Å². The third kappa shape index (κ3) is 9.37. The maximum absolute atomic E-state index is 14.5. The van der Waals surface area contributed by atoms with Crippen LogP contribution in [0.5, 0.6) is 5.75 Å². The van der Waals surface area contributed by atoms with Crippen LogP contribution in [0.25, 0.3) is 21.9 Å². The van der Waals surface area contributed by atoms with Crippen LogP contribution in [0.3, 0.4) is 0 Å². The van der Waals surface area contributed by atoms with Gasteiger partial charge in [0, 0.05) is 111 Å². The molecule has 1 unspecified atom stereocenters. The number of hydrogen-bond acceptors (Lipinski definition) is 13. The number of imide groups is 1. The number of hydrogen-bond donors (Lipinski definition) is 3. The number of anilines is 5. The second kappa shape index (κ2) is 20.2. The Hall–Kier alpha value is -5.61. The van der Waals surface area contributed by atoms with Crippen molar-refractivity contribution in [2.24, 2.45) is 0 Å². The number of nitrogens with zero attached hydrogens (tertiary/aromatic N) is 8. The molecular weight excluding hydrogens is 970 g/mol. The van der Waals surface area contributed by atoms with Gasteiger partial charge in [0.15, 0.2) is 0 Å². The molecule has 0 spiro atoms. The first-order chi connectivity index (χ1) is 33.9. The number of halogens is 1. The molecule has 3 N–H and O–H groups in total. The van der Waals surface area contributed by atoms with Crippen molar-refractivity contribution in [1.29, 1.82) is 0 Å². The van der Waals surface area contributed by atoms with Crippen molar-refractivity contribution in [1.82, 2.24) is 39.2 Å². The van der Waals surface area contributed by atoms with Gasteiger partial charge in [-0.15, -0.1) is 0 Å². The van der Waals surface area contributed by atoms with Crippen molar-refractivity contribution in [3.05, 3.63) is 92.6 Å². The third-order valence-corrected chi connectivity index (χ3v) is 19.0. The number of rotatable bonds is 14. The molecule has 4 saturated heterocycles. The number of imidazole rings is 1. The number of amides is 2. The Kier molecular flexibility index (Phi) is 13.9. The summed E-state index contributed by atoms with van der Waals surface area (Å²) in [5, 5.41) is 11.2. The zero-order chi connectivity index (χ0) is 48.7. The molecule has 70 heavy (non-hydrogen) atoms. The summed E-state index contributed by atoms with van der Waals surface area (Å²) in [6.07, 6.45) is 9.39. The third-order valence-electron chi connectivity index (χ3n) is 15.0. The first-order valence-corrected chi connectivity index (χ1v) is 27.9. The average Bonchev–Trinajstić information content (AvgIpc) is 3.94. The number of fused-ring (bicyclic) bond motifs is 2. The van der Waals surface area contributed by atoms with Crippen LogP contribution in [0.15, 0.2) is 70.1 Å². The molecule has 4 fully saturated rings. The number of piperazine rings is 1. The van der Waals surface area contributed by atoms with Crippen molar-refractivity contribution in [3.8, 4) is 5.75 Å². The summed E-state index contributed by atoms with van der Waals surface area (Å²) in [6, 6.07) is 18.2. The lowest BCUT2D eigenvalue weighted by Gasteiger charge is -2.43. The van der Waals surface area contributed by atoms with E-state index >= 15 is 0 Å². The van der Waals surface area contributed by atoms with E-state index in [0.717, 1.165) is 134 Å². The normalized spacial score (nSPS) is 19.3. The number of aromatic nitrogens is 5. The topological polar surface area (TPSA) is 172 Å². The lowest BCUT2D eigenvalue weighted by atomic mass is 9.99. The van der Waals surface area contributed by atoms with Gasteiger partial charge in [-0.3, -0.25) is 33.9 Å². The van der Waals surface area contributed by atoms with E-state index in [1.165, 1.54) is 11.3 Å². The Labute approximate surface area is 417 Å². The molecule has 16 nitrogen and oxygen atoms in total. The van der Waals surface area contributed by atoms with Crippen LogP contribution >= 0.6 is 23.1 Å². The largest absolute Gasteiger partial charge is 0.494 e. The number of carbonyl (C=O) groups is 2. The van der Waals surface area contributed by atoms with Crippen molar-refractivity contribution in [2.75, 3.05) is 80.8 Å². The Morgan fingerprint density at radius 1 is 0.886 bits per heavy atom. The second-order valence-corrected chi connectivity index (χ2v) is 23.2. The zero-order valence-electron chi connectivity index (χ0n) is 40.6. The fourth-order valence-corrected chi connectivity index (χ4v) is 15.0. The molecule has 0 bridgehead atoms. The van der Waals surface area contributed by atoms with Gasteiger partial charge in [0.2, 0.25) is 17.8 Å². The summed E-state index contributed by atoms with van der Waals surface area (Å²) in [4.78, 5) is 60.4. The number of methoxy groups -OCH3 is 1. The Bertz CT molecular complexity index is 3080. The summed E-state index contributed by atoms with van der Waals surface area (Å²) >= 11 is 3.67. The molecule has 10 rings (SSSR count). The summed E-state index contributed by atoms with van der Waals surface area (Å²) in [7, 11) is -0.939. The van der Waals surface area contributed by atoms with Crippen molar-refractivity contribution in [3.63, 3.8) is 0 Å². The molecule has 0 radical (unpaired) electrons. The van der Waals surface area contributed by atoms with E-state index < -0.39 is 19.1 Å². The van der Waals surface area contributed by atoms with E-state index in [9.17, 15) is 18.9 Å². The molecule has 3 aromatic carbocycles. The molecule has 0 saturated carbocycles. The molecule has 6 aromatic rings. The van der Waals surface area contributed by atoms with Crippen LogP contribution in [0, 0.1) is 6.92 Å². The minimum Gasteiger partial charge on any atom is -0.494 e. The monoisotopic (exact) mass is 1030 g/mol. The van der Waals surface area contributed by atoms with E-state index in [-0.39, 0.29) is 18.0 Å². The maximum Gasteiger partial charge on any atom is 0.329 e. The van der Waals surface area contributed by atoms with Crippen LogP contribution in [-0.4, -0.2) is 117 Å². The molecule has 0 aliphatic carbocycles. The number of ether oxygens (including phenoxy) is 1. The van der Waals surface area contributed by atoms with E-state index in [2.05, 4.69) is 82.8 Å². The maximum atomic E-state index is 14.5. The summed E-state index contributed by atoms with van der Waals surface area (Å²) in [5.74, 6) is 0.995. The molecule has 4 aliphatic rings.